The molecule has 2 amide bonds. The summed E-state index contributed by atoms with van der Waals surface area (Å²) in [6.45, 7) is 1.09. The number of nitro benzene ring substituents is 1. The van der Waals surface area contributed by atoms with E-state index in [2.05, 4.69) is 5.32 Å². The Kier molecular flexibility index (Phi) is 5.68. The van der Waals surface area contributed by atoms with Gasteiger partial charge in [0, 0.05) is 24.7 Å². The highest BCUT2D eigenvalue weighted by molar-refractivity contribution is 7.90. The van der Waals surface area contributed by atoms with E-state index in [1.807, 2.05) is 4.72 Å². The van der Waals surface area contributed by atoms with Gasteiger partial charge in [0.1, 0.15) is 0 Å². The van der Waals surface area contributed by atoms with Crippen LogP contribution in [-0.4, -0.2) is 25.2 Å². The molecule has 26 heavy (non-hydrogen) atoms. The van der Waals surface area contributed by atoms with Crippen molar-refractivity contribution < 1.29 is 22.9 Å². The van der Waals surface area contributed by atoms with Crippen molar-refractivity contribution in [2.45, 2.75) is 18.2 Å². The molecule has 0 aromatic heterocycles. The summed E-state index contributed by atoms with van der Waals surface area (Å²) in [6, 6.07) is 10.9. The van der Waals surface area contributed by atoms with Crippen molar-refractivity contribution in [1.82, 2.24) is 4.72 Å². The smallest absolute Gasteiger partial charge is 0.269 e. The first kappa shape index (κ1) is 19.1. The molecule has 0 heterocycles. The van der Waals surface area contributed by atoms with Gasteiger partial charge in [-0.15, -0.1) is 0 Å². The molecule has 0 unspecified atom stereocenters. The molecule has 0 saturated heterocycles. The van der Waals surface area contributed by atoms with E-state index in [9.17, 15) is 28.1 Å². The third kappa shape index (κ3) is 5.11. The number of nitro groups is 1. The molecule has 0 saturated carbocycles. The summed E-state index contributed by atoms with van der Waals surface area (Å²) in [6.07, 6.45) is 0.00391. The minimum atomic E-state index is -3.93. The number of hydrogen-bond acceptors (Lipinski definition) is 6. The van der Waals surface area contributed by atoms with Gasteiger partial charge in [-0.3, -0.25) is 19.7 Å². The average molecular weight is 377 g/mol. The van der Waals surface area contributed by atoms with Crippen molar-refractivity contribution in [3.8, 4) is 0 Å². The van der Waals surface area contributed by atoms with Gasteiger partial charge in [-0.1, -0.05) is 12.1 Å². The predicted octanol–water partition coefficient (Wildman–Crippen LogP) is 1.60. The molecule has 0 atom stereocenters. The Morgan fingerprint density at radius 2 is 1.62 bits per heavy atom. The predicted molar refractivity (Wildman–Crippen MR) is 92.9 cm³/mol. The van der Waals surface area contributed by atoms with E-state index in [0.29, 0.717) is 11.3 Å². The zero-order valence-electron chi connectivity index (χ0n) is 13.6. The third-order valence-corrected chi connectivity index (χ3v) is 4.69. The van der Waals surface area contributed by atoms with Gasteiger partial charge >= 0.3 is 0 Å². The van der Waals surface area contributed by atoms with Crippen molar-refractivity contribution in [3.05, 3.63) is 64.2 Å². The monoisotopic (exact) mass is 377 g/mol. The van der Waals surface area contributed by atoms with E-state index in [0.717, 1.165) is 6.92 Å². The number of rotatable bonds is 6. The lowest BCUT2D eigenvalue weighted by Gasteiger charge is -2.08. The van der Waals surface area contributed by atoms with Crippen LogP contribution in [0.15, 0.2) is 53.4 Å². The van der Waals surface area contributed by atoms with Crippen LogP contribution in [0.4, 0.5) is 11.4 Å². The average Bonchev–Trinajstić information content (AvgIpc) is 2.54. The fourth-order valence-corrected chi connectivity index (χ4v) is 3.08. The molecule has 2 N–H and O–H groups in total. The number of anilines is 1. The number of carbonyl (C=O) groups excluding carboxylic acids is 2. The number of non-ortho nitro benzene ring substituents is 1. The lowest BCUT2D eigenvalue weighted by atomic mass is 10.1. The van der Waals surface area contributed by atoms with Gasteiger partial charge in [0.2, 0.25) is 11.8 Å². The minimum absolute atomic E-state index is 0.00391. The second-order valence-electron chi connectivity index (χ2n) is 5.33. The molecule has 2 rings (SSSR count). The molecule has 2 aromatic rings. The summed E-state index contributed by atoms with van der Waals surface area (Å²) in [7, 11) is -3.93. The van der Waals surface area contributed by atoms with Gasteiger partial charge in [-0.05, 0) is 29.8 Å². The zero-order valence-corrected chi connectivity index (χ0v) is 14.4. The van der Waals surface area contributed by atoms with Gasteiger partial charge in [-0.25, -0.2) is 13.1 Å². The second kappa shape index (κ2) is 7.74. The highest BCUT2D eigenvalue weighted by atomic mass is 32.2. The summed E-state index contributed by atoms with van der Waals surface area (Å²) in [5, 5.41) is 13.2. The van der Waals surface area contributed by atoms with E-state index in [-0.39, 0.29) is 22.9 Å². The third-order valence-electron chi connectivity index (χ3n) is 3.24. The molecular weight excluding hydrogens is 362 g/mol. The van der Waals surface area contributed by atoms with Crippen LogP contribution < -0.4 is 10.0 Å². The van der Waals surface area contributed by atoms with E-state index in [4.69, 9.17) is 0 Å². The number of nitrogens with one attached hydrogen (secondary N) is 2. The van der Waals surface area contributed by atoms with Crippen molar-refractivity contribution in [2.24, 2.45) is 0 Å². The van der Waals surface area contributed by atoms with Crippen molar-refractivity contribution in [3.63, 3.8) is 0 Å². The maximum Gasteiger partial charge on any atom is 0.269 e. The molecule has 0 aliphatic carbocycles. The van der Waals surface area contributed by atoms with Gasteiger partial charge < -0.3 is 5.32 Å². The molecule has 2 aromatic carbocycles. The van der Waals surface area contributed by atoms with Crippen LogP contribution >= 0.6 is 0 Å². The standard InChI is InChI=1S/C16H15N3O6S/c1-11(20)18-26(24,25)15-8-4-13(5-9-15)17-16(21)10-12-2-6-14(7-3-12)19(22)23/h2-9H,10H2,1H3,(H,17,21)(H,18,20). The molecule has 0 aliphatic rings. The Balaban J connectivity index is 2.01. The lowest BCUT2D eigenvalue weighted by molar-refractivity contribution is -0.384. The summed E-state index contributed by atoms with van der Waals surface area (Å²) in [5.74, 6) is -1.07. The molecule has 0 radical (unpaired) electrons. The fourth-order valence-electron chi connectivity index (χ4n) is 2.09. The molecule has 0 fully saturated rings. The van der Waals surface area contributed by atoms with Gasteiger partial charge in [-0.2, -0.15) is 0 Å². The van der Waals surface area contributed by atoms with Gasteiger partial charge in [0.15, 0.2) is 0 Å². The van der Waals surface area contributed by atoms with E-state index < -0.39 is 20.9 Å². The van der Waals surface area contributed by atoms with Crippen molar-refractivity contribution in [2.75, 3.05) is 5.32 Å². The summed E-state index contributed by atoms with van der Waals surface area (Å²) < 4.78 is 25.5. The molecular formula is C16H15N3O6S. The quantitative estimate of drug-likeness (QED) is 0.580. The number of carbonyl (C=O) groups is 2. The van der Waals surface area contributed by atoms with E-state index >= 15 is 0 Å². The van der Waals surface area contributed by atoms with E-state index in [1.54, 1.807) is 0 Å². The summed E-state index contributed by atoms with van der Waals surface area (Å²) in [4.78, 5) is 32.9. The van der Waals surface area contributed by atoms with Crippen LogP contribution in [-0.2, 0) is 26.0 Å². The summed E-state index contributed by atoms with van der Waals surface area (Å²) >= 11 is 0. The maximum atomic E-state index is 12.0. The van der Waals surface area contributed by atoms with Crippen LogP contribution in [0.3, 0.4) is 0 Å². The Bertz CT molecular complexity index is 937. The molecule has 0 spiro atoms. The number of sulfonamides is 1. The first-order valence-corrected chi connectivity index (χ1v) is 8.82. The molecule has 9 nitrogen and oxygen atoms in total. The Hall–Kier alpha value is -3.27. The minimum Gasteiger partial charge on any atom is -0.326 e. The van der Waals surface area contributed by atoms with Crippen molar-refractivity contribution >= 4 is 33.2 Å². The largest absolute Gasteiger partial charge is 0.326 e. The lowest BCUT2D eigenvalue weighted by Crippen LogP contribution is -2.28. The first-order chi connectivity index (χ1) is 12.2. The Labute approximate surface area is 149 Å². The summed E-state index contributed by atoms with van der Waals surface area (Å²) in [5.41, 5.74) is 0.904. The van der Waals surface area contributed by atoms with Crippen LogP contribution in [0.25, 0.3) is 0 Å². The number of hydrogen-bond donors (Lipinski definition) is 2. The normalized spacial score (nSPS) is 10.8. The first-order valence-electron chi connectivity index (χ1n) is 7.34. The molecule has 136 valence electrons. The van der Waals surface area contributed by atoms with E-state index in [1.165, 1.54) is 48.5 Å². The molecule has 0 bridgehead atoms. The number of benzene rings is 2. The highest BCUT2D eigenvalue weighted by Gasteiger charge is 2.15. The van der Waals surface area contributed by atoms with Crippen LogP contribution in [0.2, 0.25) is 0 Å². The number of nitrogens with zero attached hydrogens (tertiary/aromatic N) is 1. The number of amides is 2. The molecule has 10 heteroatoms. The van der Waals surface area contributed by atoms with Crippen LogP contribution in [0, 0.1) is 10.1 Å². The van der Waals surface area contributed by atoms with Crippen molar-refractivity contribution in [1.29, 1.82) is 0 Å². The van der Waals surface area contributed by atoms with Gasteiger partial charge in [0.05, 0.1) is 16.2 Å². The maximum absolute atomic E-state index is 12.0. The topological polar surface area (TPSA) is 135 Å². The van der Waals surface area contributed by atoms with Crippen LogP contribution in [0.1, 0.15) is 12.5 Å². The molecule has 0 aliphatic heterocycles. The van der Waals surface area contributed by atoms with Gasteiger partial charge in [0.25, 0.3) is 15.7 Å². The second-order valence-corrected chi connectivity index (χ2v) is 7.02. The fraction of sp³-hybridized carbons (Fsp3) is 0.125. The highest BCUT2D eigenvalue weighted by Crippen LogP contribution is 2.15. The Morgan fingerprint density at radius 1 is 1.04 bits per heavy atom. The van der Waals surface area contributed by atoms with Crippen LogP contribution in [0.5, 0.6) is 0 Å². The zero-order chi connectivity index (χ0) is 19.3. The SMILES string of the molecule is CC(=O)NS(=O)(=O)c1ccc(NC(=O)Cc2ccc([N+](=O)[O-])cc2)cc1. The Morgan fingerprint density at radius 3 is 2.12 bits per heavy atom.